The highest BCUT2D eigenvalue weighted by molar-refractivity contribution is 7.73. The molecule has 1 aromatic heterocycles. The highest BCUT2D eigenvalue weighted by atomic mass is 31.1. The van der Waals surface area contributed by atoms with Crippen molar-refractivity contribution in [1.82, 2.24) is 4.98 Å². The van der Waals surface area contributed by atoms with Gasteiger partial charge in [0.15, 0.2) is 0 Å². The van der Waals surface area contributed by atoms with Crippen LogP contribution in [0.15, 0.2) is 79.0 Å². The fourth-order valence-electron chi connectivity index (χ4n) is 2.51. The highest BCUT2D eigenvalue weighted by Crippen LogP contribution is 2.34. The van der Waals surface area contributed by atoms with Gasteiger partial charge in [-0.2, -0.15) is 0 Å². The number of rotatable bonds is 5. The molecule has 0 spiro atoms. The Kier molecular flexibility index (Phi) is 4.98. The van der Waals surface area contributed by atoms with Gasteiger partial charge >= 0.3 is 0 Å². The minimum atomic E-state index is -0.327. The van der Waals surface area contributed by atoms with Crippen LogP contribution in [-0.4, -0.2) is 11.1 Å². The molecule has 0 fully saturated rings. The maximum absolute atomic E-state index is 4.46. The number of hydrogen-bond acceptors (Lipinski definition) is 1. The molecule has 110 valence electrons. The zero-order valence-corrected chi connectivity index (χ0v) is 13.7. The van der Waals surface area contributed by atoms with Crippen LogP contribution in [0.3, 0.4) is 0 Å². The van der Waals surface area contributed by atoms with E-state index in [1.165, 1.54) is 21.9 Å². The molecule has 2 aromatic carbocycles. The first-order valence-corrected chi connectivity index (χ1v) is 9.15. The molecule has 0 aliphatic rings. The number of aromatic nitrogens is 1. The molecule has 0 N–H and O–H groups in total. The molecule has 0 bridgehead atoms. The average molecular weight is 305 g/mol. The van der Waals surface area contributed by atoms with Crippen molar-refractivity contribution in [3.8, 4) is 0 Å². The predicted octanol–water partition coefficient (Wildman–Crippen LogP) is 4.07. The maximum atomic E-state index is 4.46. The molecule has 3 rings (SSSR count). The normalized spacial score (nSPS) is 12.0. The van der Waals surface area contributed by atoms with Gasteiger partial charge < -0.3 is 0 Å². The SMILES string of the molecule is Cc1ccc(P(CCc2ccccn2)c2ccccc2)cc1. The van der Waals surface area contributed by atoms with Gasteiger partial charge in [0.25, 0.3) is 0 Å². The molecular formula is C20H20NP. The summed E-state index contributed by atoms with van der Waals surface area (Å²) in [4.78, 5) is 4.46. The number of nitrogens with zero attached hydrogens (tertiary/aromatic N) is 1. The zero-order chi connectivity index (χ0) is 15.2. The first kappa shape index (κ1) is 14.9. The Morgan fingerprint density at radius 2 is 1.45 bits per heavy atom. The van der Waals surface area contributed by atoms with Crippen molar-refractivity contribution in [2.24, 2.45) is 0 Å². The molecule has 1 atom stereocenters. The van der Waals surface area contributed by atoms with Crippen LogP contribution in [0.1, 0.15) is 11.3 Å². The second-order valence-electron chi connectivity index (χ2n) is 5.39. The summed E-state index contributed by atoms with van der Waals surface area (Å²) in [5, 5.41) is 2.89. The third-order valence-electron chi connectivity index (χ3n) is 3.73. The van der Waals surface area contributed by atoms with E-state index < -0.39 is 0 Å². The summed E-state index contributed by atoms with van der Waals surface area (Å²) in [5.74, 6) is 0. The number of benzene rings is 2. The van der Waals surface area contributed by atoms with E-state index in [0.717, 1.165) is 12.6 Å². The summed E-state index contributed by atoms with van der Waals surface area (Å²) in [6.07, 6.45) is 4.04. The van der Waals surface area contributed by atoms with Gasteiger partial charge in [0.05, 0.1) is 0 Å². The van der Waals surface area contributed by atoms with Crippen LogP contribution in [0.25, 0.3) is 0 Å². The standard InChI is InChI=1S/C20H20NP/c1-17-10-12-20(13-11-17)22(19-8-3-2-4-9-19)16-14-18-7-5-6-15-21-18/h2-13,15H,14,16H2,1H3. The molecule has 0 aliphatic heterocycles. The molecule has 0 saturated heterocycles. The van der Waals surface area contributed by atoms with Crippen LogP contribution in [0.4, 0.5) is 0 Å². The summed E-state index contributed by atoms with van der Waals surface area (Å²) >= 11 is 0. The van der Waals surface area contributed by atoms with Crippen molar-refractivity contribution in [2.75, 3.05) is 6.16 Å². The van der Waals surface area contributed by atoms with Gasteiger partial charge in [-0.3, -0.25) is 4.98 Å². The largest absolute Gasteiger partial charge is 0.261 e. The van der Waals surface area contributed by atoms with Crippen molar-refractivity contribution in [2.45, 2.75) is 13.3 Å². The fourth-order valence-corrected chi connectivity index (χ4v) is 4.82. The topological polar surface area (TPSA) is 12.9 Å². The summed E-state index contributed by atoms with van der Waals surface area (Å²) < 4.78 is 0. The second-order valence-corrected chi connectivity index (χ2v) is 7.73. The minimum absolute atomic E-state index is 0.327. The van der Waals surface area contributed by atoms with Gasteiger partial charge in [0.1, 0.15) is 0 Å². The molecule has 0 amide bonds. The molecule has 2 heteroatoms. The van der Waals surface area contributed by atoms with Gasteiger partial charge in [0.2, 0.25) is 0 Å². The second kappa shape index (κ2) is 7.33. The van der Waals surface area contributed by atoms with Crippen molar-refractivity contribution in [1.29, 1.82) is 0 Å². The van der Waals surface area contributed by atoms with Crippen LogP contribution in [0, 0.1) is 6.92 Å². The molecule has 0 radical (unpaired) electrons. The summed E-state index contributed by atoms with van der Waals surface area (Å²) in [6, 6.07) is 26.0. The Morgan fingerprint density at radius 1 is 0.773 bits per heavy atom. The summed E-state index contributed by atoms with van der Waals surface area (Å²) in [6.45, 7) is 2.14. The Hall–Kier alpha value is -1.98. The van der Waals surface area contributed by atoms with Crippen LogP contribution in [0.5, 0.6) is 0 Å². The average Bonchev–Trinajstić information content (AvgIpc) is 2.58. The lowest BCUT2D eigenvalue weighted by Crippen LogP contribution is -2.15. The van der Waals surface area contributed by atoms with Crippen molar-refractivity contribution >= 4 is 18.5 Å². The Labute approximate surface area is 133 Å². The smallest absolute Gasteiger partial charge is 0.0407 e. The zero-order valence-electron chi connectivity index (χ0n) is 12.8. The van der Waals surface area contributed by atoms with Crippen LogP contribution >= 0.6 is 7.92 Å². The van der Waals surface area contributed by atoms with Gasteiger partial charge in [-0.1, -0.05) is 66.2 Å². The first-order valence-electron chi connectivity index (χ1n) is 7.62. The molecule has 0 aliphatic carbocycles. The van der Waals surface area contributed by atoms with E-state index in [9.17, 15) is 0 Å². The molecule has 3 aromatic rings. The van der Waals surface area contributed by atoms with E-state index in [1.807, 2.05) is 12.3 Å². The van der Waals surface area contributed by atoms with Gasteiger partial charge in [-0.05, 0) is 50.2 Å². The summed E-state index contributed by atoms with van der Waals surface area (Å²) in [5.41, 5.74) is 2.49. The fraction of sp³-hybridized carbons (Fsp3) is 0.150. The van der Waals surface area contributed by atoms with E-state index in [2.05, 4.69) is 78.6 Å². The third-order valence-corrected chi connectivity index (χ3v) is 6.25. The van der Waals surface area contributed by atoms with E-state index in [4.69, 9.17) is 0 Å². The van der Waals surface area contributed by atoms with E-state index in [0.29, 0.717) is 0 Å². The third kappa shape index (κ3) is 3.81. The number of aryl methyl sites for hydroxylation is 2. The number of pyridine rings is 1. The molecule has 22 heavy (non-hydrogen) atoms. The van der Waals surface area contributed by atoms with Crippen LogP contribution in [0.2, 0.25) is 0 Å². The van der Waals surface area contributed by atoms with Gasteiger partial charge in [0, 0.05) is 11.9 Å². The van der Waals surface area contributed by atoms with Gasteiger partial charge in [-0.25, -0.2) is 0 Å². The summed E-state index contributed by atoms with van der Waals surface area (Å²) in [7, 11) is -0.327. The lowest BCUT2D eigenvalue weighted by molar-refractivity contribution is 1.04. The monoisotopic (exact) mass is 305 g/mol. The molecule has 0 saturated carbocycles. The molecule has 1 unspecified atom stereocenters. The van der Waals surface area contributed by atoms with E-state index in [-0.39, 0.29) is 7.92 Å². The van der Waals surface area contributed by atoms with Crippen molar-refractivity contribution < 1.29 is 0 Å². The molecule has 1 heterocycles. The van der Waals surface area contributed by atoms with Crippen LogP contribution < -0.4 is 10.6 Å². The first-order chi connectivity index (χ1) is 10.8. The van der Waals surface area contributed by atoms with E-state index in [1.54, 1.807) is 0 Å². The van der Waals surface area contributed by atoms with Crippen molar-refractivity contribution in [3.63, 3.8) is 0 Å². The Bertz CT molecular complexity index is 693. The van der Waals surface area contributed by atoms with E-state index >= 15 is 0 Å². The highest BCUT2D eigenvalue weighted by Gasteiger charge is 2.13. The van der Waals surface area contributed by atoms with Crippen LogP contribution in [-0.2, 0) is 6.42 Å². The van der Waals surface area contributed by atoms with Crippen molar-refractivity contribution in [3.05, 3.63) is 90.3 Å². The number of hydrogen-bond donors (Lipinski definition) is 0. The maximum Gasteiger partial charge on any atom is 0.0407 e. The van der Waals surface area contributed by atoms with Gasteiger partial charge in [-0.15, -0.1) is 0 Å². The molecular weight excluding hydrogens is 285 g/mol. The molecule has 1 nitrogen and oxygen atoms in total. The Balaban J connectivity index is 1.85. The predicted molar refractivity (Wildman–Crippen MR) is 96.6 cm³/mol. The lowest BCUT2D eigenvalue weighted by atomic mass is 10.2. The lowest BCUT2D eigenvalue weighted by Gasteiger charge is -2.18. The quantitative estimate of drug-likeness (QED) is 0.648. The Morgan fingerprint density at radius 3 is 2.14 bits per heavy atom. The minimum Gasteiger partial charge on any atom is -0.261 e.